The van der Waals surface area contributed by atoms with E-state index in [2.05, 4.69) is 34.5 Å². The molecule has 5 heterocycles. The molecule has 5 nitrogen and oxygen atoms in total. The van der Waals surface area contributed by atoms with Gasteiger partial charge in [-0.3, -0.25) is 4.90 Å². The summed E-state index contributed by atoms with van der Waals surface area (Å²) in [7, 11) is 0. The predicted molar refractivity (Wildman–Crippen MR) is 122 cm³/mol. The summed E-state index contributed by atoms with van der Waals surface area (Å²) >= 11 is 1.85. The average Bonchev–Trinajstić information content (AvgIpc) is 3.24. The zero-order valence-corrected chi connectivity index (χ0v) is 18.2. The van der Waals surface area contributed by atoms with Crippen molar-refractivity contribution in [3.8, 4) is 11.1 Å². The van der Waals surface area contributed by atoms with Crippen LogP contribution in [-0.2, 0) is 4.74 Å². The first-order valence-electron chi connectivity index (χ1n) is 11.2. The van der Waals surface area contributed by atoms with Gasteiger partial charge in [-0.05, 0) is 61.5 Å². The Morgan fingerprint density at radius 1 is 1.13 bits per heavy atom. The molecule has 1 N–H and O–H groups in total. The Hall–Kier alpha value is -2.44. The lowest BCUT2D eigenvalue weighted by molar-refractivity contribution is -0.0339. The quantitative estimate of drug-likeness (QED) is 0.593. The van der Waals surface area contributed by atoms with Crippen molar-refractivity contribution in [1.82, 2.24) is 10.2 Å². The first-order valence-corrected chi connectivity index (χ1v) is 12.2. The standard InChI is InChI=1S/C25H26N2O3S/c28-25(30-23-14-27-10-7-16(23)8-11-27)26-21-9-12-31-24-13-17(5-6-19(21)24)20-15-29-22-4-2-1-3-18(20)22/h1-6,13,15-16,21,23H,7-12,14H2,(H,26,28)/t21?,23-/m0/s1. The molecule has 31 heavy (non-hydrogen) atoms. The van der Waals surface area contributed by atoms with E-state index in [1.54, 1.807) is 0 Å². The number of hydrogen-bond donors (Lipinski definition) is 1. The van der Waals surface area contributed by atoms with Crippen molar-refractivity contribution in [1.29, 1.82) is 0 Å². The number of rotatable bonds is 3. The molecule has 3 fully saturated rings. The zero-order valence-electron chi connectivity index (χ0n) is 17.4. The minimum absolute atomic E-state index is 0.0000203. The molecule has 0 radical (unpaired) electrons. The van der Waals surface area contributed by atoms with Gasteiger partial charge in [0.1, 0.15) is 11.7 Å². The largest absolute Gasteiger partial charge is 0.464 e. The van der Waals surface area contributed by atoms with E-state index in [0.717, 1.165) is 66.7 Å². The number of thioether (sulfide) groups is 1. The molecule has 0 spiro atoms. The lowest BCUT2D eigenvalue weighted by atomic mass is 9.86. The molecule has 2 bridgehead atoms. The average molecular weight is 435 g/mol. The van der Waals surface area contributed by atoms with E-state index in [1.165, 1.54) is 10.5 Å². The van der Waals surface area contributed by atoms with Gasteiger partial charge in [-0.1, -0.05) is 30.3 Å². The molecule has 6 heteroatoms. The third-order valence-electron chi connectivity index (χ3n) is 6.99. The van der Waals surface area contributed by atoms with Crippen LogP contribution in [0.15, 0.2) is 58.0 Å². The molecule has 1 unspecified atom stereocenters. The maximum absolute atomic E-state index is 12.7. The zero-order chi connectivity index (χ0) is 20.8. The Labute approximate surface area is 186 Å². The van der Waals surface area contributed by atoms with E-state index in [4.69, 9.17) is 9.15 Å². The van der Waals surface area contributed by atoms with Gasteiger partial charge in [0.25, 0.3) is 0 Å². The number of alkyl carbamates (subject to hydrolysis) is 1. The normalized spacial score (nSPS) is 27.1. The molecule has 3 saturated heterocycles. The summed E-state index contributed by atoms with van der Waals surface area (Å²) in [6.45, 7) is 3.18. The van der Waals surface area contributed by atoms with Gasteiger partial charge in [0.05, 0.1) is 12.3 Å². The fraction of sp³-hybridized carbons (Fsp3) is 0.400. The van der Waals surface area contributed by atoms with E-state index >= 15 is 0 Å². The third kappa shape index (κ3) is 3.62. The number of carbonyl (C=O) groups is 1. The Kier molecular flexibility index (Phi) is 4.92. The van der Waals surface area contributed by atoms with Crippen LogP contribution >= 0.6 is 11.8 Å². The number of hydrogen-bond acceptors (Lipinski definition) is 5. The molecule has 0 saturated carbocycles. The van der Waals surface area contributed by atoms with Gasteiger partial charge in [-0.2, -0.15) is 0 Å². The molecule has 1 aromatic heterocycles. The number of nitrogens with zero attached hydrogens (tertiary/aromatic N) is 1. The highest BCUT2D eigenvalue weighted by Crippen LogP contribution is 2.40. The van der Waals surface area contributed by atoms with Crippen LogP contribution in [0.3, 0.4) is 0 Å². The van der Waals surface area contributed by atoms with Gasteiger partial charge >= 0.3 is 6.09 Å². The van der Waals surface area contributed by atoms with E-state index in [0.29, 0.717) is 5.92 Å². The number of amides is 1. The second kappa shape index (κ2) is 7.92. The van der Waals surface area contributed by atoms with Crippen molar-refractivity contribution >= 4 is 28.8 Å². The van der Waals surface area contributed by atoms with Gasteiger partial charge in [0, 0.05) is 28.1 Å². The molecule has 4 aliphatic heterocycles. The Balaban J connectivity index is 1.19. The smallest absolute Gasteiger partial charge is 0.407 e. The molecule has 7 rings (SSSR count). The lowest BCUT2D eigenvalue weighted by Crippen LogP contribution is -2.52. The van der Waals surface area contributed by atoms with Gasteiger partial charge in [-0.25, -0.2) is 4.79 Å². The molecule has 4 aliphatic rings. The highest BCUT2D eigenvalue weighted by atomic mass is 32.2. The summed E-state index contributed by atoms with van der Waals surface area (Å²) in [4.78, 5) is 16.3. The van der Waals surface area contributed by atoms with Crippen molar-refractivity contribution in [3.63, 3.8) is 0 Å². The highest BCUT2D eigenvalue weighted by Gasteiger charge is 2.37. The minimum atomic E-state index is -0.272. The number of carbonyl (C=O) groups excluding carboxylic acids is 1. The minimum Gasteiger partial charge on any atom is -0.464 e. The van der Waals surface area contributed by atoms with Crippen molar-refractivity contribution in [2.24, 2.45) is 5.92 Å². The number of benzene rings is 2. The molecule has 2 aromatic carbocycles. The molecular weight excluding hydrogens is 408 g/mol. The fourth-order valence-electron chi connectivity index (χ4n) is 5.27. The van der Waals surface area contributed by atoms with E-state index < -0.39 is 0 Å². The Morgan fingerprint density at radius 3 is 2.84 bits per heavy atom. The van der Waals surface area contributed by atoms with Gasteiger partial charge in [0.2, 0.25) is 0 Å². The molecule has 1 amide bonds. The lowest BCUT2D eigenvalue weighted by Gasteiger charge is -2.44. The number of para-hydroxylation sites is 1. The first-order chi connectivity index (χ1) is 15.2. The summed E-state index contributed by atoms with van der Waals surface area (Å²) in [6.07, 6.45) is 4.81. The summed E-state index contributed by atoms with van der Waals surface area (Å²) in [6, 6.07) is 14.6. The van der Waals surface area contributed by atoms with E-state index in [-0.39, 0.29) is 18.2 Å². The molecule has 2 atom stereocenters. The van der Waals surface area contributed by atoms with Gasteiger partial charge < -0.3 is 14.5 Å². The Morgan fingerprint density at radius 2 is 2.00 bits per heavy atom. The van der Waals surface area contributed by atoms with Crippen LogP contribution in [-0.4, -0.2) is 42.5 Å². The number of furan rings is 1. The van der Waals surface area contributed by atoms with E-state index in [9.17, 15) is 4.79 Å². The summed E-state index contributed by atoms with van der Waals surface area (Å²) < 4.78 is 11.6. The van der Waals surface area contributed by atoms with Crippen molar-refractivity contribution < 1.29 is 13.9 Å². The summed E-state index contributed by atoms with van der Waals surface area (Å²) in [5.74, 6) is 1.50. The van der Waals surface area contributed by atoms with Gasteiger partial charge in [0.15, 0.2) is 0 Å². The fourth-order valence-corrected chi connectivity index (χ4v) is 6.43. The van der Waals surface area contributed by atoms with Crippen LogP contribution in [0.2, 0.25) is 0 Å². The van der Waals surface area contributed by atoms with Crippen molar-refractivity contribution in [3.05, 3.63) is 54.3 Å². The molecule has 160 valence electrons. The highest BCUT2D eigenvalue weighted by molar-refractivity contribution is 7.99. The van der Waals surface area contributed by atoms with Crippen LogP contribution < -0.4 is 5.32 Å². The maximum atomic E-state index is 12.7. The monoisotopic (exact) mass is 434 g/mol. The van der Waals surface area contributed by atoms with Crippen LogP contribution in [0.1, 0.15) is 30.9 Å². The van der Waals surface area contributed by atoms with Crippen LogP contribution in [0.25, 0.3) is 22.1 Å². The molecule has 0 aliphatic carbocycles. The first kappa shape index (κ1) is 19.3. The Bertz CT molecular complexity index is 1120. The van der Waals surface area contributed by atoms with Crippen molar-refractivity contribution in [2.45, 2.75) is 36.3 Å². The topological polar surface area (TPSA) is 54.7 Å². The molecular formula is C25H26N2O3S. The maximum Gasteiger partial charge on any atom is 0.407 e. The number of nitrogens with one attached hydrogen (secondary N) is 1. The number of fused-ring (bicyclic) bond motifs is 5. The van der Waals surface area contributed by atoms with Crippen molar-refractivity contribution in [2.75, 3.05) is 25.4 Å². The predicted octanol–water partition coefficient (Wildman–Crippen LogP) is 5.46. The van der Waals surface area contributed by atoms with Gasteiger partial charge in [-0.15, -0.1) is 11.8 Å². The second-order valence-electron chi connectivity index (χ2n) is 8.81. The second-order valence-corrected chi connectivity index (χ2v) is 9.95. The van der Waals surface area contributed by atoms with Crippen LogP contribution in [0.5, 0.6) is 0 Å². The van der Waals surface area contributed by atoms with Crippen LogP contribution in [0.4, 0.5) is 4.79 Å². The molecule has 3 aromatic rings. The summed E-state index contributed by atoms with van der Waals surface area (Å²) in [5.41, 5.74) is 4.33. The number of ether oxygens (including phenoxy) is 1. The number of piperidine rings is 3. The summed E-state index contributed by atoms with van der Waals surface area (Å²) in [5, 5.41) is 4.28. The SMILES string of the molecule is O=C(NC1CCSc2cc(-c3coc4ccccc34)ccc21)O[C@H]1CN2CCC1CC2. The van der Waals surface area contributed by atoms with E-state index in [1.807, 2.05) is 36.2 Å². The van der Waals surface area contributed by atoms with Crippen LogP contribution in [0, 0.1) is 5.92 Å². The third-order valence-corrected chi connectivity index (χ3v) is 8.10.